The summed E-state index contributed by atoms with van der Waals surface area (Å²) in [5, 5.41) is 8.03. The number of aliphatic carboxylic acids is 1. The Kier molecular flexibility index (Phi) is 2.37. The molecule has 1 rings (SSSR count). The number of cyclic esters (lactones) is 1. The molecule has 6 nitrogen and oxygen atoms in total. The number of amides is 2. The van der Waals surface area contributed by atoms with E-state index in [-0.39, 0.29) is 4.90 Å². The third-order valence-electron chi connectivity index (χ3n) is 1.51. The molecule has 0 saturated carbocycles. The summed E-state index contributed by atoms with van der Waals surface area (Å²) < 4.78 is 29.2. The minimum Gasteiger partial charge on any atom is -0.477 e. The van der Waals surface area contributed by atoms with Gasteiger partial charge in [-0.1, -0.05) is 0 Å². The highest BCUT2D eigenvalue weighted by molar-refractivity contribution is 5.98. The fraction of sp³-hybridized carbons (Fsp3) is 0.500. The fourth-order valence-electron chi connectivity index (χ4n) is 0.800. The molecule has 0 aromatic rings. The highest BCUT2D eigenvalue weighted by Crippen LogP contribution is 2.18. The van der Waals surface area contributed by atoms with Crippen LogP contribution in [0, 0.1) is 0 Å². The molecule has 0 bridgehead atoms. The van der Waals surface area contributed by atoms with Gasteiger partial charge in [0.2, 0.25) is 0 Å². The molecule has 1 heterocycles. The van der Waals surface area contributed by atoms with Gasteiger partial charge < -0.3 is 9.84 Å². The highest BCUT2D eigenvalue weighted by atomic mass is 19.3. The summed E-state index contributed by atoms with van der Waals surface area (Å²) in [6.45, 7) is -2.13. The van der Waals surface area contributed by atoms with Crippen molar-refractivity contribution in [1.82, 2.24) is 4.90 Å². The highest BCUT2D eigenvalue weighted by Gasteiger charge is 2.46. The monoisotopic (exact) mass is 209 g/mol. The second-order valence-corrected chi connectivity index (χ2v) is 2.54. The number of carbonyl (C=O) groups is 3. The van der Waals surface area contributed by atoms with Crippen LogP contribution in [0.1, 0.15) is 0 Å². The molecule has 2 amide bonds. The lowest BCUT2D eigenvalue weighted by molar-refractivity contribution is -0.166. The minimum atomic E-state index is -4.15. The van der Waals surface area contributed by atoms with Gasteiger partial charge in [0.1, 0.15) is 6.54 Å². The van der Waals surface area contributed by atoms with Crippen LogP contribution in [0.4, 0.5) is 13.6 Å². The number of carboxylic acids is 1. The number of ether oxygens (including phenoxy) is 1. The van der Waals surface area contributed by atoms with Crippen molar-refractivity contribution in [3.05, 3.63) is 0 Å². The van der Waals surface area contributed by atoms with Gasteiger partial charge in [0.25, 0.3) is 5.91 Å². The minimum absolute atomic E-state index is 0.0636. The van der Waals surface area contributed by atoms with Crippen molar-refractivity contribution >= 4 is 18.0 Å². The molecule has 8 heteroatoms. The van der Waals surface area contributed by atoms with E-state index < -0.39 is 37.0 Å². The van der Waals surface area contributed by atoms with Gasteiger partial charge >= 0.3 is 18.0 Å². The first-order valence-electron chi connectivity index (χ1n) is 3.43. The van der Waals surface area contributed by atoms with Gasteiger partial charge in [0.15, 0.2) is 6.61 Å². The standard InChI is InChI=1S/C6H5F2NO5/c7-6(8,4(11)12)2-9-3(10)1-14-5(9)13/h1-2H2,(H,11,12). The molecular formula is C6H5F2NO5. The van der Waals surface area contributed by atoms with Crippen LogP contribution in [0.25, 0.3) is 0 Å². The number of rotatable bonds is 3. The first-order valence-corrected chi connectivity index (χ1v) is 3.43. The zero-order chi connectivity index (χ0) is 10.9. The number of nitrogens with zero attached hydrogens (tertiary/aromatic N) is 1. The normalized spacial score (nSPS) is 17.1. The van der Waals surface area contributed by atoms with Crippen LogP contribution in [0.5, 0.6) is 0 Å². The molecule has 1 aliphatic rings. The summed E-state index contributed by atoms with van der Waals surface area (Å²) in [7, 11) is 0. The second-order valence-electron chi connectivity index (χ2n) is 2.54. The van der Waals surface area contributed by atoms with Gasteiger partial charge in [-0.2, -0.15) is 8.78 Å². The predicted octanol–water partition coefficient (Wildman–Crippen LogP) is -0.315. The smallest absolute Gasteiger partial charge is 0.417 e. The maximum atomic E-state index is 12.5. The summed E-state index contributed by atoms with van der Waals surface area (Å²) in [6.07, 6.45) is -1.25. The van der Waals surface area contributed by atoms with E-state index in [1.54, 1.807) is 0 Å². The summed E-state index contributed by atoms with van der Waals surface area (Å²) in [6, 6.07) is 0. The van der Waals surface area contributed by atoms with E-state index in [9.17, 15) is 23.2 Å². The molecule has 0 radical (unpaired) electrons. The van der Waals surface area contributed by atoms with Crippen molar-refractivity contribution in [2.24, 2.45) is 0 Å². The van der Waals surface area contributed by atoms with E-state index in [2.05, 4.69) is 4.74 Å². The second kappa shape index (κ2) is 3.20. The summed E-state index contributed by atoms with van der Waals surface area (Å²) in [4.78, 5) is 31.4. The van der Waals surface area contributed by atoms with Crippen LogP contribution in [0.3, 0.4) is 0 Å². The van der Waals surface area contributed by atoms with E-state index >= 15 is 0 Å². The lowest BCUT2D eigenvalue weighted by Crippen LogP contribution is -2.44. The molecule has 1 aliphatic heterocycles. The molecule has 14 heavy (non-hydrogen) atoms. The Morgan fingerprint density at radius 2 is 2.14 bits per heavy atom. The third-order valence-corrected chi connectivity index (χ3v) is 1.51. The topological polar surface area (TPSA) is 83.9 Å². The van der Waals surface area contributed by atoms with Gasteiger partial charge in [-0.3, -0.25) is 4.79 Å². The van der Waals surface area contributed by atoms with Crippen molar-refractivity contribution in [2.45, 2.75) is 5.92 Å². The van der Waals surface area contributed by atoms with E-state index in [4.69, 9.17) is 5.11 Å². The van der Waals surface area contributed by atoms with Crippen molar-refractivity contribution in [3.8, 4) is 0 Å². The average Bonchev–Trinajstić information content (AvgIpc) is 2.35. The first-order chi connectivity index (χ1) is 6.34. The Morgan fingerprint density at radius 1 is 1.57 bits per heavy atom. The van der Waals surface area contributed by atoms with E-state index in [0.29, 0.717) is 0 Å². The van der Waals surface area contributed by atoms with Crippen LogP contribution in [0.15, 0.2) is 0 Å². The SMILES string of the molecule is O=C1COC(=O)N1CC(F)(F)C(=O)O. The van der Waals surface area contributed by atoms with Crippen molar-refractivity contribution in [2.75, 3.05) is 13.2 Å². The molecule has 1 fully saturated rings. The van der Waals surface area contributed by atoms with E-state index in [1.165, 1.54) is 0 Å². The van der Waals surface area contributed by atoms with Crippen LogP contribution in [-0.2, 0) is 14.3 Å². The number of halogens is 2. The lowest BCUT2D eigenvalue weighted by atomic mass is 10.3. The molecular weight excluding hydrogens is 204 g/mol. The largest absolute Gasteiger partial charge is 0.477 e. The molecule has 0 aliphatic carbocycles. The van der Waals surface area contributed by atoms with E-state index in [1.807, 2.05) is 0 Å². The van der Waals surface area contributed by atoms with Crippen LogP contribution in [-0.4, -0.2) is 47.1 Å². The number of imide groups is 1. The Bertz CT molecular complexity index is 287. The molecule has 0 aromatic heterocycles. The Labute approximate surface area is 76.0 Å². The van der Waals surface area contributed by atoms with Gasteiger partial charge in [0.05, 0.1) is 0 Å². The average molecular weight is 209 g/mol. The van der Waals surface area contributed by atoms with Crippen LogP contribution >= 0.6 is 0 Å². The summed E-state index contributed by atoms with van der Waals surface area (Å²) in [5.74, 6) is -7.53. The van der Waals surface area contributed by atoms with Gasteiger partial charge in [-0.05, 0) is 0 Å². The summed E-state index contributed by atoms with van der Waals surface area (Å²) >= 11 is 0. The molecule has 0 unspecified atom stereocenters. The molecule has 0 aromatic carbocycles. The number of hydrogen-bond donors (Lipinski definition) is 1. The lowest BCUT2D eigenvalue weighted by Gasteiger charge is -2.16. The van der Waals surface area contributed by atoms with Gasteiger partial charge in [-0.25, -0.2) is 14.5 Å². The number of alkyl halides is 2. The van der Waals surface area contributed by atoms with Gasteiger partial charge in [-0.15, -0.1) is 0 Å². The Hall–Kier alpha value is -1.73. The first kappa shape index (κ1) is 10.4. The summed E-state index contributed by atoms with van der Waals surface area (Å²) in [5.41, 5.74) is 0. The number of hydrogen-bond acceptors (Lipinski definition) is 4. The van der Waals surface area contributed by atoms with Crippen LogP contribution < -0.4 is 0 Å². The maximum absolute atomic E-state index is 12.5. The maximum Gasteiger partial charge on any atom is 0.417 e. The molecule has 78 valence electrons. The van der Waals surface area contributed by atoms with Crippen molar-refractivity contribution in [3.63, 3.8) is 0 Å². The Morgan fingerprint density at radius 3 is 2.50 bits per heavy atom. The zero-order valence-electron chi connectivity index (χ0n) is 6.70. The molecule has 0 atom stereocenters. The van der Waals surface area contributed by atoms with Crippen molar-refractivity contribution in [1.29, 1.82) is 0 Å². The molecule has 0 spiro atoms. The molecule has 1 N–H and O–H groups in total. The molecule has 1 saturated heterocycles. The zero-order valence-corrected chi connectivity index (χ0v) is 6.70. The fourth-order valence-corrected chi connectivity index (χ4v) is 0.800. The van der Waals surface area contributed by atoms with E-state index in [0.717, 1.165) is 0 Å². The van der Waals surface area contributed by atoms with Crippen LogP contribution in [0.2, 0.25) is 0 Å². The number of carboxylic acid groups (broad SMARTS) is 1. The Balaban J connectivity index is 2.73. The van der Waals surface area contributed by atoms with Gasteiger partial charge in [0, 0.05) is 0 Å². The predicted molar refractivity (Wildman–Crippen MR) is 35.6 cm³/mol. The van der Waals surface area contributed by atoms with Crippen molar-refractivity contribution < 1.29 is 33.0 Å². The quantitative estimate of drug-likeness (QED) is 0.688. The third kappa shape index (κ3) is 1.78. The number of carbonyl (C=O) groups excluding carboxylic acids is 2.